The van der Waals surface area contributed by atoms with Crippen molar-refractivity contribution in [1.82, 2.24) is 25.5 Å². The summed E-state index contributed by atoms with van der Waals surface area (Å²) in [5.41, 5.74) is 3.85. The second kappa shape index (κ2) is 5.94. The number of hydrogen-bond donors (Lipinski definition) is 3. The van der Waals surface area contributed by atoms with E-state index in [0.717, 1.165) is 10.9 Å². The summed E-state index contributed by atoms with van der Waals surface area (Å²) in [7, 11) is 0. The fraction of sp³-hybridized carbons (Fsp3) is 0.167. The number of aromatic amines is 2. The summed E-state index contributed by atoms with van der Waals surface area (Å²) >= 11 is 0. The number of carbonyl (C=O) groups excluding carboxylic acids is 1. The van der Waals surface area contributed by atoms with Crippen LogP contribution in [-0.4, -0.2) is 26.1 Å². The predicted octanol–water partition coefficient (Wildman–Crippen LogP) is 3.09. The van der Waals surface area contributed by atoms with E-state index in [1.54, 1.807) is 18.4 Å². The van der Waals surface area contributed by atoms with Crippen LogP contribution in [-0.2, 0) is 6.54 Å². The van der Waals surface area contributed by atoms with Crippen LogP contribution in [0.15, 0.2) is 41.0 Å². The van der Waals surface area contributed by atoms with Gasteiger partial charge in [0.25, 0.3) is 5.91 Å². The van der Waals surface area contributed by atoms with Gasteiger partial charge >= 0.3 is 0 Å². The lowest BCUT2D eigenvalue weighted by Crippen LogP contribution is -2.23. The van der Waals surface area contributed by atoms with Crippen LogP contribution < -0.4 is 5.32 Å². The number of carbonyl (C=O) groups is 1. The summed E-state index contributed by atoms with van der Waals surface area (Å²) in [4.78, 5) is 19.9. The molecule has 3 aromatic heterocycles. The minimum Gasteiger partial charge on any atom is -0.461 e. The number of aryl methyl sites for hydroxylation is 2. The Morgan fingerprint density at radius 2 is 2.16 bits per heavy atom. The highest BCUT2D eigenvalue weighted by Crippen LogP contribution is 2.22. The van der Waals surface area contributed by atoms with Crippen molar-refractivity contribution in [3.8, 4) is 11.6 Å². The Labute approximate surface area is 143 Å². The van der Waals surface area contributed by atoms with Crippen LogP contribution in [0.5, 0.6) is 0 Å². The van der Waals surface area contributed by atoms with E-state index < -0.39 is 0 Å². The van der Waals surface area contributed by atoms with Crippen LogP contribution in [0.4, 0.5) is 0 Å². The molecule has 0 saturated carbocycles. The second-order valence-electron chi connectivity index (χ2n) is 5.92. The first kappa shape index (κ1) is 15.2. The van der Waals surface area contributed by atoms with Gasteiger partial charge < -0.3 is 14.7 Å². The SMILES string of the molecule is Cc1ccc2[nH]c(C(=O)NCc3nc(-c4ccco4)n[nH]3)cc2c1C. The van der Waals surface area contributed by atoms with Crippen molar-refractivity contribution in [1.29, 1.82) is 0 Å². The average molecular weight is 335 g/mol. The van der Waals surface area contributed by atoms with Crippen LogP contribution in [0.2, 0.25) is 0 Å². The summed E-state index contributed by atoms with van der Waals surface area (Å²) in [6.45, 7) is 4.36. The number of nitrogens with zero attached hydrogens (tertiary/aromatic N) is 2. The molecule has 25 heavy (non-hydrogen) atoms. The summed E-state index contributed by atoms with van der Waals surface area (Å²) in [6, 6.07) is 9.45. The number of fused-ring (bicyclic) bond motifs is 1. The van der Waals surface area contributed by atoms with Gasteiger partial charge in [-0.05, 0) is 49.2 Å². The molecule has 4 aromatic rings. The van der Waals surface area contributed by atoms with Gasteiger partial charge in [0.05, 0.1) is 12.8 Å². The molecule has 0 unspecified atom stereocenters. The van der Waals surface area contributed by atoms with Gasteiger partial charge in [0.15, 0.2) is 5.76 Å². The molecule has 0 radical (unpaired) electrons. The molecule has 0 atom stereocenters. The monoisotopic (exact) mass is 335 g/mol. The van der Waals surface area contributed by atoms with Gasteiger partial charge in [0, 0.05) is 10.9 Å². The maximum atomic E-state index is 12.4. The van der Waals surface area contributed by atoms with Gasteiger partial charge in [0.1, 0.15) is 11.5 Å². The highest BCUT2D eigenvalue weighted by atomic mass is 16.3. The Morgan fingerprint density at radius 3 is 2.96 bits per heavy atom. The first-order valence-electron chi connectivity index (χ1n) is 7.94. The zero-order valence-corrected chi connectivity index (χ0v) is 13.9. The Morgan fingerprint density at radius 1 is 1.28 bits per heavy atom. The minimum atomic E-state index is -0.191. The number of aromatic nitrogens is 4. The average Bonchev–Trinajstić information content (AvgIpc) is 3.35. The van der Waals surface area contributed by atoms with E-state index >= 15 is 0 Å². The van der Waals surface area contributed by atoms with Crippen molar-refractivity contribution >= 4 is 16.8 Å². The van der Waals surface area contributed by atoms with Crippen LogP contribution in [0.25, 0.3) is 22.5 Å². The molecule has 7 nitrogen and oxygen atoms in total. The summed E-state index contributed by atoms with van der Waals surface area (Å²) in [6.07, 6.45) is 1.56. The Balaban J connectivity index is 1.48. The smallest absolute Gasteiger partial charge is 0.268 e. The number of H-pyrrole nitrogens is 2. The summed E-state index contributed by atoms with van der Waals surface area (Å²) in [5.74, 6) is 1.41. The molecule has 7 heteroatoms. The maximum Gasteiger partial charge on any atom is 0.268 e. The third kappa shape index (κ3) is 2.80. The molecule has 126 valence electrons. The molecule has 0 bridgehead atoms. The lowest BCUT2D eigenvalue weighted by Gasteiger charge is -2.00. The maximum absolute atomic E-state index is 12.4. The molecule has 0 aliphatic heterocycles. The van der Waals surface area contributed by atoms with E-state index in [1.807, 2.05) is 18.2 Å². The largest absolute Gasteiger partial charge is 0.461 e. The standard InChI is InChI=1S/C18H17N5O2/c1-10-5-6-13-12(11(10)2)8-14(20-13)18(24)19-9-16-21-17(23-22-16)15-4-3-7-25-15/h3-8,20H,9H2,1-2H3,(H,19,24)(H,21,22,23). The molecule has 0 saturated heterocycles. The molecular formula is C18H17N5O2. The van der Waals surface area contributed by atoms with Crippen LogP contribution in [0.3, 0.4) is 0 Å². The number of amides is 1. The highest BCUT2D eigenvalue weighted by Gasteiger charge is 2.13. The van der Waals surface area contributed by atoms with E-state index in [-0.39, 0.29) is 12.5 Å². The molecule has 0 fully saturated rings. The molecular weight excluding hydrogens is 318 g/mol. The number of hydrogen-bond acceptors (Lipinski definition) is 4. The van der Waals surface area contributed by atoms with Gasteiger partial charge in [0.2, 0.25) is 5.82 Å². The third-order valence-corrected chi connectivity index (χ3v) is 4.28. The molecule has 4 rings (SSSR count). The summed E-state index contributed by atoms with van der Waals surface area (Å²) in [5, 5.41) is 10.8. The van der Waals surface area contributed by atoms with Crippen molar-refractivity contribution in [3.63, 3.8) is 0 Å². The van der Waals surface area contributed by atoms with E-state index in [4.69, 9.17) is 4.42 Å². The van der Waals surface area contributed by atoms with Crippen molar-refractivity contribution in [2.24, 2.45) is 0 Å². The topological polar surface area (TPSA) is 99.6 Å². The molecule has 0 spiro atoms. The quantitative estimate of drug-likeness (QED) is 0.533. The number of benzene rings is 1. The molecule has 3 N–H and O–H groups in total. The first-order valence-corrected chi connectivity index (χ1v) is 7.94. The Kier molecular flexibility index (Phi) is 3.61. The Hall–Kier alpha value is -3.35. The molecule has 0 aliphatic carbocycles. The molecule has 3 heterocycles. The van der Waals surface area contributed by atoms with Crippen LogP contribution in [0.1, 0.15) is 27.4 Å². The number of rotatable bonds is 4. The number of nitrogens with one attached hydrogen (secondary N) is 3. The predicted molar refractivity (Wildman–Crippen MR) is 93.0 cm³/mol. The van der Waals surface area contributed by atoms with Gasteiger partial charge in [-0.25, -0.2) is 4.98 Å². The first-order chi connectivity index (χ1) is 12.1. The minimum absolute atomic E-state index is 0.191. The molecule has 1 amide bonds. The Bertz CT molecular complexity index is 1040. The van der Waals surface area contributed by atoms with E-state index in [2.05, 4.69) is 39.3 Å². The van der Waals surface area contributed by atoms with E-state index in [0.29, 0.717) is 23.1 Å². The number of furan rings is 1. The second-order valence-corrected chi connectivity index (χ2v) is 5.92. The zero-order valence-electron chi connectivity index (χ0n) is 13.9. The van der Waals surface area contributed by atoms with Gasteiger partial charge in [-0.2, -0.15) is 0 Å². The fourth-order valence-electron chi connectivity index (χ4n) is 2.73. The van der Waals surface area contributed by atoms with Gasteiger partial charge in [-0.3, -0.25) is 9.89 Å². The van der Waals surface area contributed by atoms with Crippen LogP contribution >= 0.6 is 0 Å². The molecule has 0 aliphatic rings. The molecule has 1 aromatic carbocycles. The van der Waals surface area contributed by atoms with Crippen molar-refractivity contribution in [2.45, 2.75) is 20.4 Å². The van der Waals surface area contributed by atoms with Crippen molar-refractivity contribution in [3.05, 3.63) is 59.2 Å². The zero-order chi connectivity index (χ0) is 17.4. The lowest BCUT2D eigenvalue weighted by atomic mass is 10.1. The summed E-state index contributed by atoms with van der Waals surface area (Å²) < 4.78 is 5.24. The van der Waals surface area contributed by atoms with E-state index in [9.17, 15) is 4.79 Å². The highest BCUT2D eigenvalue weighted by molar-refractivity contribution is 5.99. The van der Waals surface area contributed by atoms with Crippen molar-refractivity contribution < 1.29 is 9.21 Å². The van der Waals surface area contributed by atoms with Gasteiger partial charge in [-0.1, -0.05) is 6.07 Å². The fourth-order valence-corrected chi connectivity index (χ4v) is 2.73. The lowest BCUT2D eigenvalue weighted by molar-refractivity contribution is 0.0946. The van der Waals surface area contributed by atoms with Crippen LogP contribution in [0, 0.1) is 13.8 Å². The third-order valence-electron chi connectivity index (χ3n) is 4.28. The van der Waals surface area contributed by atoms with Crippen molar-refractivity contribution in [2.75, 3.05) is 0 Å². The normalized spacial score (nSPS) is 11.1. The van der Waals surface area contributed by atoms with E-state index in [1.165, 1.54) is 11.1 Å². The van der Waals surface area contributed by atoms with Gasteiger partial charge in [-0.15, -0.1) is 5.10 Å².